The zero-order valence-electron chi connectivity index (χ0n) is 20.7. The molecular weight excluding hydrogens is 474 g/mol. The third kappa shape index (κ3) is 4.55. The van der Waals surface area contributed by atoms with Crippen molar-refractivity contribution in [1.82, 2.24) is 10.2 Å². The molecule has 0 aliphatic carbocycles. The molecule has 3 aromatic carbocycles. The third-order valence-corrected chi connectivity index (χ3v) is 6.78. The van der Waals surface area contributed by atoms with Gasteiger partial charge >= 0.3 is 0 Å². The Morgan fingerprint density at radius 3 is 2.32 bits per heavy atom. The highest BCUT2D eigenvalue weighted by Crippen LogP contribution is 2.37. The Bertz CT molecular complexity index is 1370. The van der Waals surface area contributed by atoms with Crippen molar-refractivity contribution in [2.45, 2.75) is 18.5 Å². The van der Waals surface area contributed by atoms with Crippen LogP contribution in [0.25, 0.3) is 11.1 Å². The molecular formula is C28H27N3O6. The zero-order chi connectivity index (χ0) is 26.1. The topological polar surface area (TPSA) is 106 Å². The third-order valence-electron chi connectivity index (χ3n) is 6.78. The van der Waals surface area contributed by atoms with E-state index in [9.17, 15) is 14.4 Å². The average Bonchev–Trinajstić information content (AvgIpc) is 3.32. The summed E-state index contributed by atoms with van der Waals surface area (Å²) in [6.07, 6.45) is 0.326. The number of anilines is 1. The Morgan fingerprint density at radius 2 is 1.62 bits per heavy atom. The van der Waals surface area contributed by atoms with Gasteiger partial charge in [0.1, 0.15) is 23.3 Å². The molecule has 0 bridgehead atoms. The number of benzene rings is 3. The molecule has 0 radical (unpaired) electrons. The second kappa shape index (κ2) is 9.85. The molecule has 3 aromatic rings. The largest absolute Gasteiger partial charge is 0.497 e. The summed E-state index contributed by atoms with van der Waals surface area (Å²) in [6, 6.07) is 16.5. The van der Waals surface area contributed by atoms with Gasteiger partial charge in [-0.15, -0.1) is 0 Å². The van der Waals surface area contributed by atoms with Crippen LogP contribution in [0.4, 0.5) is 5.69 Å². The molecule has 0 saturated carbocycles. The first-order valence-corrected chi connectivity index (χ1v) is 11.8. The monoisotopic (exact) mass is 501 g/mol. The number of methoxy groups -OCH3 is 3. The van der Waals surface area contributed by atoms with Gasteiger partial charge in [-0.25, -0.2) is 0 Å². The molecule has 2 N–H and O–H groups in total. The first-order valence-electron chi connectivity index (χ1n) is 11.8. The van der Waals surface area contributed by atoms with Crippen LogP contribution in [0.3, 0.4) is 0 Å². The van der Waals surface area contributed by atoms with Gasteiger partial charge in [0.15, 0.2) is 0 Å². The Morgan fingerprint density at radius 1 is 0.892 bits per heavy atom. The molecule has 190 valence electrons. The minimum Gasteiger partial charge on any atom is -0.497 e. The fourth-order valence-corrected chi connectivity index (χ4v) is 4.83. The lowest BCUT2D eigenvalue weighted by Crippen LogP contribution is -2.41. The lowest BCUT2D eigenvalue weighted by atomic mass is 10.00. The Hall–Kier alpha value is -4.53. The highest BCUT2D eigenvalue weighted by molar-refractivity contribution is 6.11. The van der Waals surface area contributed by atoms with Crippen LogP contribution in [0, 0.1) is 0 Å². The minimum atomic E-state index is -0.681. The normalized spacial score (nSPS) is 18.3. The summed E-state index contributed by atoms with van der Waals surface area (Å²) < 4.78 is 16.0. The van der Waals surface area contributed by atoms with Gasteiger partial charge in [0.25, 0.3) is 11.8 Å². The van der Waals surface area contributed by atoms with Gasteiger partial charge in [-0.2, -0.15) is 0 Å². The van der Waals surface area contributed by atoms with Gasteiger partial charge in [0.05, 0.1) is 32.6 Å². The highest BCUT2D eigenvalue weighted by atomic mass is 16.5. The van der Waals surface area contributed by atoms with E-state index in [0.29, 0.717) is 40.5 Å². The van der Waals surface area contributed by atoms with Crippen molar-refractivity contribution in [1.29, 1.82) is 0 Å². The van der Waals surface area contributed by atoms with Gasteiger partial charge in [0.2, 0.25) is 5.91 Å². The van der Waals surface area contributed by atoms with Gasteiger partial charge < -0.3 is 29.7 Å². The smallest absolute Gasteiger partial charge is 0.256 e. The minimum absolute atomic E-state index is 0.230. The molecule has 5 rings (SSSR count). The second-order valence-electron chi connectivity index (χ2n) is 8.92. The van der Waals surface area contributed by atoms with E-state index in [2.05, 4.69) is 10.6 Å². The van der Waals surface area contributed by atoms with Crippen LogP contribution in [-0.4, -0.2) is 62.6 Å². The Kier molecular flexibility index (Phi) is 6.43. The van der Waals surface area contributed by atoms with Crippen LogP contribution < -0.4 is 24.8 Å². The van der Waals surface area contributed by atoms with Crippen molar-refractivity contribution in [3.8, 4) is 28.4 Å². The number of fused-ring (bicyclic) bond motifs is 2. The van der Waals surface area contributed by atoms with E-state index < -0.39 is 6.04 Å². The lowest BCUT2D eigenvalue weighted by molar-refractivity contribution is -0.119. The molecule has 0 spiro atoms. The van der Waals surface area contributed by atoms with E-state index in [1.807, 2.05) is 18.2 Å². The van der Waals surface area contributed by atoms with E-state index in [1.54, 1.807) is 63.8 Å². The summed E-state index contributed by atoms with van der Waals surface area (Å²) in [5.74, 6) is 1.09. The maximum atomic E-state index is 13.6. The quantitative estimate of drug-likeness (QED) is 0.537. The molecule has 37 heavy (non-hydrogen) atoms. The van der Waals surface area contributed by atoms with Crippen molar-refractivity contribution in [2.24, 2.45) is 0 Å². The van der Waals surface area contributed by atoms with Crippen LogP contribution in [0.2, 0.25) is 0 Å². The van der Waals surface area contributed by atoms with E-state index >= 15 is 0 Å². The van der Waals surface area contributed by atoms with Crippen LogP contribution in [0.1, 0.15) is 27.1 Å². The average molecular weight is 502 g/mol. The van der Waals surface area contributed by atoms with Gasteiger partial charge in [-0.05, 0) is 60.5 Å². The van der Waals surface area contributed by atoms with E-state index in [-0.39, 0.29) is 30.3 Å². The summed E-state index contributed by atoms with van der Waals surface area (Å²) >= 11 is 0. The molecule has 2 aliphatic rings. The van der Waals surface area contributed by atoms with E-state index in [0.717, 1.165) is 11.1 Å². The van der Waals surface area contributed by atoms with Crippen molar-refractivity contribution in [2.75, 3.05) is 33.2 Å². The van der Waals surface area contributed by atoms with Gasteiger partial charge in [0, 0.05) is 29.8 Å². The molecule has 3 amide bonds. The van der Waals surface area contributed by atoms with Gasteiger partial charge in [-0.1, -0.05) is 6.07 Å². The number of hydrogen-bond donors (Lipinski definition) is 2. The SMILES string of the molecule is COc1ccc(C(=O)N[C@H]2C[C@H]3C(=O)Nc4ccc(-c5ccc(OC)cc5OC)cc4C(=O)N3C2)cc1. The highest BCUT2D eigenvalue weighted by Gasteiger charge is 2.43. The fraction of sp³-hybridized carbons (Fsp3) is 0.250. The Labute approximate surface area is 214 Å². The molecule has 0 aromatic heterocycles. The number of amides is 3. The maximum Gasteiger partial charge on any atom is 0.256 e. The number of carbonyl (C=O) groups excluding carboxylic acids is 3. The van der Waals surface area contributed by atoms with Crippen LogP contribution in [0.5, 0.6) is 17.2 Å². The van der Waals surface area contributed by atoms with Crippen molar-refractivity contribution < 1.29 is 28.6 Å². The number of ether oxygens (including phenoxy) is 3. The van der Waals surface area contributed by atoms with Crippen LogP contribution in [0.15, 0.2) is 60.7 Å². The predicted molar refractivity (Wildman–Crippen MR) is 137 cm³/mol. The fourth-order valence-electron chi connectivity index (χ4n) is 4.83. The van der Waals surface area contributed by atoms with Crippen molar-refractivity contribution in [3.63, 3.8) is 0 Å². The number of nitrogens with one attached hydrogen (secondary N) is 2. The van der Waals surface area contributed by atoms with Crippen LogP contribution in [-0.2, 0) is 4.79 Å². The first-order chi connectivity index (χ1) is 17.9. The van der Waals surface area contributed by atoms with Crippen molar-refractivity contribution >= 4 is 23.4 Å². The molecule has 2 heterocycles. The summed E-state index contributed by atoms with van der Waals surface area (Å²) in [5.41, 5.74) is 2.87. The first kappa shape index (κ1) is 24.2. The summed E-state index contributed by atoms with van der Waals surface area (Å²) in [6.45, 7) is 0.230. The molecule has 1 saturated heterocycles. The Balaban J connectivity index is 1.39. The number of hydrogen-bond acceptors (Lipinski definition) is 6. The molecule has 2 atom stereocenters. The van der Waals surface area contributed by atoms with E-state index in [4.69, 9.17) is 14.2 Å². The molecule has 9 heteroatoms. The number of nitrogens with zero attached hydrogens (tertiary/aromatic N) is 1. The zero-order valence-corrected chi connectivity index (χ0v) is 20.7. The number of carbonyl (C=O) groups is 3. The van der Waals surface area contributed by atoms with E-state index in [1.165, 1.54) is 4.90 Å². The van der Waals surface area contributed by atoms with Crippen LogP contribution >= 0.6 is 0 Å². The second-order valence-corrected chi connectivity index (χ2v) is 8.92. The van der Waals surface area contributed by atoms with Gasteiger partial charge in [-0.3, -0.25) is 14.4 Å². The summed E-state index contributed by atoms with van der Waals surface area (Å²) in [4.78, 5) is 41.0. The standard InChI is InChI=1S/C28H27N3O6/c1-35-19-7-4-16(5-8-19)26(32)29-18-13-24-27(33)30-23-11-6-17(12-22(23)28(34)31(24)15-18)21-10-9-20(36-2)14-25(21)37-3/h4-12,14,18,24H,13,15H2,1-3H3,(H,29,32)(H,30,33)/t18-,24-/m0/s1. The lowest BCUT2D eigenvalue weighted by Gasteiger charge is -2.20. The molecule has 9 nitrogen and oxygen atoms in total. The molecule has 1 fully saturated rings. The predicted octanol–water partition coefficient (Wildman–Crippen LogP) is 3.34. The summed E-state index contributed by atoms with van der Waals surface area (Å²) in [7, 11) is 4.71. The maximum absolute atomic E-state index is 13.6. The number of rotatable bonds is 6. The van der Waals surface area contributed by atoms with Crippen molar-refractivity contribution in [3.05, 3.63) is 71.8 Å². The summed E-state index contributed by atoms with van der Waals surface area (Å²) in [5, 5.41) is 5.84. The molecule has 0 unspecified atom stereocenters. The molecule has 2 aliphatic heterocycles.